The third-order valence-electron chi connectivity index (χ3n) is 8.23. The zero-order valence-electron chi connectivity index (χ0n) is 22.4. The van der Waals surface area contributed by atoms with E-state index < -0.39 is 5.60 Å². The standard InChI is InChI=1S/C35H29O4P/c1-36-25-12-8-23(9-13-25)35(24-10-14-26(39-40)15-11-24)20-19-31-29-17-7-22-5-3-4-6-28(22)33(29)30-18-16-27(37-2)21-32(30)34(31)38-35/h3-6,8-16,18-21H,7,17,40H2,1-2H3. The first-order valence-corrected chi connectivity index (χ1v) is 13.9. The van der Waals surface area contributed by atoms with Crippen LogP contribution in [-0.4, -0.2) is 14.2 Å². The van der Waals surface area contributed by atoms with Gasteiger partial charge in [0.15, 0.2) is 5.60 Å². The Kier molecular flexibility index (Phi) is 6.02. The molecular formula is C35H29O4P. The molecule has 198 valence electrons. The molecule has 1 heterocycles. The van der Waals surface area contributed by atoms with Crippen molar-refractivity contribution in [3.63, 3.8) is 0 Å². The van der Waals surface area contributed by atoms with Crippen LogP contribution in [0.2, 0.25) is 0 Å². The maximum absolute atomic E-state index is 7.28. The summed E-state index contributed by atoms with van der Waals surface area (Å²) in [6.45, 7) is 0. The Labute approximate surface area is 236 Å². The molecule has 0 saturated carbocycles. The Hall–Kier alpha value is -4.27. The van der Waals surface area contributed by atoms with E-state index in [0.29, 0.717) is 0 Å². The van der Waals surface area contributed by atoms with Crippen molar-refractivity contribution in [1.29, 1.82) is 0 Å². The molecule has 7 rings (SSSR count). The fourth-order valence-electron chi connectivity index (χ4n) is 6.22. The summed E-state index contributed by atoms with van der Waals surface area (Å²) in [4.78, 5) is 0. The summed E-state index contributed by atoms with van der Waals surface area (Å²) < 4.78 is 23.8. The monoisotopic (exact) mass is 544 g/mol. The summed E-state index contributed by atoms with van der Waals surface area (Å²) in [6.07, 6.45) is 6.42. The van der Waals surface area contributed by atoms with Crippen molar-refractivity contribution in [2.75, 3.05) is 14.2 Å². The molecule has 0 fully saturated rings. The van der Waals surface area contributed by atoms with E-state index in [4.69, 9.17) is 18.7 Å². The lowest BCUT2D eigenvalue weighted by atomic mass is 9.77. The number of aryl methyl sites for hydroxylation is 1. The van der Waals surface area contributed by atoms with Crippen LogP contribution in [-0.2, 0) is 18.4 Å². The first-order chi connectivity index (χ1) is 19.6. The molecule has 0 radical (unpaired) electrons. The van der Waals surface area contributed by atoms with Gasteiger partial charge in [-0.25, -0.2) is 0 Å². The largest absolute Gasteiger partial charge is 0.497 e. The highest BCUT2D eigenvalue weighted by atomic mass is 31.0. The molecule has 40 heavy (non-hydrogen) atoms. The van der Waals surface area contributed by atoms with E-state index >= 15 is 0 Å². The van der Waals surface area contributed by atoms with Crippen molar-refractivity contribution in [3.8, 4) is 34.1 Å². The van der Waals surface area contributed by atoms with E-state index in [2.05, 4.69) is 82.3 Å². The molecule has 0 N–H and O–H groups in total. The molecule has 0 bridgehead atoms. The van der Waals surface area contributed by atoms with Crippen molar-refractivity contribution in [1.82, 2.24) is 0 Å². The van der Waals surface area contributed by atoms with Crippen molar-refractivity contribution < 1.29 is 18.7 Å². The third kappa shape index (κ3) is 3.78. The minimum absolute atomic E-state index is 0.766. The molecule has 1 aliphatic carbocycles. The highest BCUT2D eigenvalue weighted by molar-refractivity contribution is 7.10. The molecule has 0 spiro atoms. The van der Waals surface area contributed by atoms with E-state index in [9.17, 15) is 0 Å². The molecule has 0 amide bonds. The third-order valence-corrected chi connectivity index (χ3v) is 8.50. The van der Waals surface area contributed by atoms with Crippen LogP contribution < -0.4 is 18.7 Å². The molecule has 5 aromatic rings. The molecule has 4 nitrogen and oxygen atoms in total. The number of rotatable bonds is 5. The predicted molar refractivity (Wildman–Crippen MR) is 164 cm³/mol. The summed E-state index contributed by atoms with van der Waals surface area (Å²) in [5, 5.41) is 2.21. The fraction of sp³-hybridized carbons (Fsp3) is 0.143. The number of hydrogen-bond donors (Lipinski definition) is 0. The highest BCUT2D eigenvalue weighted by Gasteiger charge is 2.39. The van der Waals surface area contributed by atoms with E-state index in [1.807, 2.05) is 30.3 Å². The van der Waals surface area contributed by atoms with Gasteiger partial charge in [-0.2, -0.15) is 0 Å². The smallest absolute Gasteiger partial charge is 0.178 e. The van der Waals surface area contributed by atoms with E-state index in [0.717, 1.165) is 57.9 Å². The molecular weight excluding hydrogens is 515 g/mol. The van der Waals surface area contributed by atoms with Crippen molar-refractivity contribution in [3.05, 3.63) is 125 Å². The maximum atomic E-state index is 7.28. The van der Waals surface area contributed by atoms with Gasteiger partial charge in [0.2, 0.25) is 0 Å². The summed E-state index contributed by atoms with van der Waals surface area (Å²) in [5.41, 5.74) is 7.61. The molecule has 1 aliphatic heterocycles. The molecule has 0 aromatic heterocycles. The van der Waals surface area contributed by atoms with Gasteiger partial charge in [0.25, 0.3) is 0 Å². The van der Waals surface area contributed by atoms with E-state index in [1.165, 1.54) is 27.6 Å². The van der Waals surface area contributed by atoms with Crippen LogP contribution >= 0.6 is 9.47 Å². The Bertz CT molecular complexity index is 1720. The Balaban J connectivity index is 1.51. The lowest BCUT2D eigenvalue weighted by Gasteiger charge is -2.38. The Morgan fingerprint density at radius 2 is 1.40 bits per heavy atom. The number of benzene rings is 5. The van der Waals surface area contributed by atoms with Gasteiger partial charge in [-0.3, -0.25) is 0 Å². The van der Waals surface area contributed by atoms with Gasteiger partial charge in [0.1, 0.15) is 23.0 Å². The average molecular weight is 545 g/mol. The van der Waals surface area contributed by atoms with Crippen molar-refractivity contribution in [2.45, 2.75) is 18.4 Å². The van der Waals surface area contributed by atoms with Crippen LogP contribution in [0.5, 0.6) is 23.0 Å². The predicted octanol–water partition coefficient (Wildman–Crippen LogP) is 8.14. The second-order valence-electron chi connectivity index (χ2n) is 10.2. The maximum Gasteiger partial charge on any atom is 0.178 e. The van der Waals surface area contributed by atoms with Crippen molar-refractivity contribution >= 4 is 26.3 Å². The summed E-state index contributed by atoms with van der Waals surface area (Å²) >= 11 is 0. The van der Waals surface area contributed by atoms with Gasteiger partial charge < -0.3 is 18.7 Å². The van der Waals surface area contributed by atoms with Gasteiger partial charge >= 0.3 is 0 Å². The van der Waals surface area contributed by atoms with Crippen LogP contribution in [0.25, 0.3) is 28.0 Å². The van der Waals surface area contributed by atoms with Crippen LogP contribution in [0.4, 0.5) is 0 Å². The second-order valence-corrected chi connectivity index (χ2v) is 10.4. The SMILES string of the molecule is COc1ccc(C2(c3ccc(OP)cc3)C=Cc3c4c(c5ccc(OC)cc5c3O2)-c2ccccc2CC4)cc1. The second kappa shape index (κ2) is 9.73. The minimum atomic E-state index is -0.852. The molecule has 2 unspecified atom stereocenters. The summed E-state index contributed by atoms with van der Waals surface area (Å²) in [5.74, 6) is 3.24. The summed E-state index contributed by atoms with van der Waals surface area (Å²) in [7, 11) is 5.70. The van der Waals surface area contributed by atoms with Gasteiger partial charge in [0, 0.05) is 22.1 Å². The number of ether oxygens (including phenoxy) is 3. The lowest BCUT2D eigenvalue weighted by Crippen LogP contribution is -2.34. The van der Waals surface area contributed by atoms with Crippen LogP contribution in [0.1, 0.15) is 27.8 Å². The van der Waals surface area contributed by atoms with E-state index in [-0.39, 0.29) is 0 Å². The number of fused-ring (bicyclic) bond motifs is 8. The molecule has 5 aromatic carbocycles. The molecule has 2 aliphatic rings. The van der Waals surface area contributed by atoms with Gasteiger partial charge in [-0.15, -0.1) is 0 Å². The normalized spacial score (nSPS) is 16.9. The molecule has 2 atom stereocenters. The minimum Gasteiger partial charge on any atom is -0.497 e. The van der Waals surface area contributed by atoms with Gasteiger partial charge in [-0.1, -0.05) is 54.6 Å². The quantitative estimate of drug-likeness (QED) is 0.209. The highest BCUT2D eigenvalue weighted by Crippen LogP contribution is 2.52. The number of hydrogen-bond acceptors (Lipinski definition) is 4. The zero-order valence-corrected chi connectivity index (χ0v) is 23.6. The van der Waals surface area contributed by atoms with E-state index in [1.54, 1.807) is 14.2 Å². The fourth-order valence-corrected chi connectivity index (χ4v) is 6.38. The average Bonchev–Trinajstić information content (AvgIpc) is 3.04. The van der Waals surface area contributed by atoms with Gasteiger partial charge in [-0.05, 0) is 89.0 Å². The first-order valence-electron chi connectivity index (χ1n) is 13.4. The molecule has 0 saturated heterocycles. The van der Waals surface area contributed by atoms with Crippen LogP contribution in [0.15, 0.2) is 97.1 Å². The Morgan fingerprint density at radius 1 is 0.725 bits per heavy atom. The van der Waals surface area contributed by atoms with Crippen LogP contribution in [0.3, 0.4) is 0 Å². The van der Waals surface area contributed by atoms with Crippen LogP contribution in [0, 0.1) is 0 Å². The van der Waals surface area contributed by atoms with Crippen molar-refractivity contribution in [2.24, 2.45) is 0 Å². The first kappa shape index (κ1) is 24.7. The lowest BCUT2D eigenvalue weighted by molar-refractivity contribution is 0.163. The molecule has 5 heteroatoms. The number of methoxy groups -OCH3 is 2. The Morgan fingerprint density at radius 3 is 2.10 bits per heavy atom. The topological polar surface area (TPSA) is 36.9 Å². The zero-order chi connectivity index (χ0) is 27.3. The summed E-state index contributed by atoms with van der Waals surface area (Å²) in [6, 6.07) is 31.3. The van der Waals surface area contributed by atoms with Gasteiger partial charge in [0.05, 0.1) is 23.7 Å².